The average Bonchev–Trinajstić information content (AvgIpc) is 2.31. The van der Waals surface area contributed by atoms with Crippen LogP contribution in [0, 0.1) is 10.1 Å². The predicted octanol–water partition coefficient (Wildman–Crippen LogP) is 1.65. The second-order valence-electron chi connectivity index (χ2n) is 1.79. The lowest BCUT2D eigenvalue weighted by molar-refractivity contribution is -0.384. The van der Waals surface area contributed by atoms with E-state index in [9.17, 15) is 14.9 Å². The van der Waals surface area contributed by atoms with Crippen molar-refractivity contribution in [3.63, 3.8) is 0 Å². The molecule has 0 radical (unpaired) electrons. The number of benzene rings is 1. The molecule has 0 amide bonds. The molecule has 68 valence electrons. The van der Waals surface area contributed by atoms with Crippen LogP contribution in [0.5, 0.6) is 5.75 Å². The summed E-state index contributed by atoms with van der Waals surface area (Å²) in [6.45, 7) is 0. The highest BCUT2D eigenvalue weighted by Gasteiger charge is 2.05. The van der Waals surface area contributed by atoms with Crippen LogP contribution in [0.1, 0.15) is 5.48 Å². The summed E-state index contributed by atoms with van der Waals surface area (Å²) in [4.78, 5) is 20.2. The van der Waals surface area contributed by atoms with Gasteiger partial charge in [-0.05, 0) is 12.1 Å². The smallest absolute Gasteiger partial charge is 0.449 e. The van der Waals surface area contributed by atoms with E-state index in [-0.39, 0.29) is 0 Å². The maximum Gasteiger partial charge on any atom is 0.511 e. The Hall–Kier alpha value is -2.11. The number of hydrogen-bond acceptors (Lipinski definition) is 5. The van der Waals surface area contributed by atoms with E-state index < -0.39 is 46.7 Å². The summed E-state index contributed by atoms with van der Waals surface area (Å²) in [6.07, 6.45) is -1.58. The third kappa shape index (κ3) is 2.44. The molecule has 0 fully saturated rings. The zero-order valence-corrected chi connectivity index (χ0v) is 5.99. The molecule has 0 spiro atoms. The first-order valence-electron chi connectivity index (χ1n) is 5.31. The van der Waals surface area contributed by atoms with Crippen LogP contribution in [-0.2, 0) is 0 Å². The molecular weight excluding hydrogens is 178 g/mol. The van der Waals surface area contributed by atoms with E-state index >= 15 is 0 Å². The van der Waals surface area contributed by atoms with Crippen LogP contribution in [0.4, 0.5) is 10.5 Å². The Labute approximate surface area is 79.6 Å². The van der Waals surface area contributed by atoms with Gasteiger partial charge in [0, 0.05) is 12.1 Å². The lowest BCUT2D eigenvalue weighted by Gasteiger charge is -1.97. The second kappa shape index (κ2) is 3.53. The number of nitro benzene ring substituents is 1. The first kappa shape index (κ1) is 4.22. The Morgan fingerprint density at radius 1 is 1.62 bits per heavy atom. The molecule has 6 nitrogen and oxygen atoms in total. The maximum absolute atomic E-state index is 10.7. The van der Waals surface area contributed by atoms with Gasteiger partial charge >= 0.3 is 7.59 Å². The molecule has 0 heterocycles. The SMILES string of the molecule is [2H]OC(=O)Oc1c([2H])c([2H])c([N+](=O)[O-])c([2H])c1[2H]. The van der Waals surface area contributed by atoms with Crippen molar-refractivity contribution in [3.8, 4) is 5.75 Å². The van der Waals surface area contributed by atoms with E-state index in [0.717, 1.165) is 0 Å². The standard InChI is InChI=1S/C7H5NO5/c9-7(10)13-6-3-1-5(2-4-6)8(11)12/h1-4H,(H,9,10)/i1D,2D,3D,4D/hD. The Morgan fingerprint density at radius 3 is 2.69 bits per heavy atom. The molecule has 0 aliphatic carbocycles. The predicted molar refractivity (Wildman–Crippen MR) is 41.7 cm³/mol. The number of ether oxygens (including phenoxy) is 1. The second-order valence-corrected chi connectivity index (χ2v) is 1.79. The molecular formula is C7H5NO5. The van der Waals surface area contributed by atoms with Gasteiger partial charge in [0.05, 0.1) is 10.4 Å². The van der Waals surface area contributed by atoms with E-state index in [0.29, 0.717) is 0 Å². The van der Waals surface area contributed by atoms with Gasteiger partial charge in [-0.1, -0.05) is 0 Å². The molecule has 0 bridgehead atoms. The molecule has 0 atom stereocenters. The van der Waals surface area contributed by atoms with Crippen molar-refractivity contribution in [2.24, 2.45) is 0 Å². The van der Waals surface area contributed by atoms with Gasteiger partial charge in [0.1, 0.15) is 5.75 Å². The Balaban J connectivity index is 3.48. The summed E-state index contributed by atoms with van der Waals surface area (Å²) in [5.41, 5.74) is -1.03. The minimum atomic E-state index is -1.58. The number of nitrogens with zero attached hydrogens (tertiary/aromatic N) is 1. The molecule has 0 saturated carbocycles. The molecule has 1 aromatic carbocycles. The summed E-state index contributed by atoms with van der Waals surface area (Å²) in [5.74, 6) is -0.840. The molecule has 0 unspecified atom stereocenters. The van der Waals surface area contributed by atoms with Gasteiger partial charge in [0.15, 0.2) is 0 Å². The minimum absolute atomic E-state index is 0.840. The Bertz CT molecular complexity index is 504. The zero-order chi connectivity index (χ0) is 14.0. The fourth-order valence-corrected chi connectivity index (χ4v) is 0.520. The van der Waals surface area contributed by atoms with Gasteiger partial charge in [-0.3, -0.25) is 10.1 Å². The van der Waals surface area contributed by atoms with Crippen LogP contribution in [0.2, 0.25) is 0 Å². The van der Waals surface area contributed by atoms with Crippen molar-refractivity contribution >= 4 is 11.8 Å². The summed E-state index contributed by atoms with van der Waals surface area (Å²) in [7, 11) is 0. The third-order valence-electron chi connectivity index (χ3n) is 0.957. The van der Waals surface area contributed by atoms with Gasteiger partial charge in [-0.2, -0.15) is 0 Å². The fraction of sp³-hybridized carbons (Fsp3) is 0. The highest BCUT2D eigenvalue weighted by molar-refractivity contribution is 5.61. The van der Waals surface area contributed by atoms with E-state index in [1.165, 1.54) is 0 Å². The van der Waals surface area contributed by atoms with Crippen LogP contribution < -0.4 is 4.74 Å². The number of carboxylic acid groups (broad SMARTS) is 1. The number of hydrogen-bond donors (Lipinski definition) is 1. The van der Waals surface area contributed by atoms with Crippen LogP contribution in [0.25, 0.3) is 1.43 Å². The number of rotatable bonds is 2. The van der Waals surface area contributed by atoms with Gasteiger partial charge < -0.3 is 9.85 Å². The van der Waals surface area contributed by atoms with Crippen LogP contribution >= 0.6 is 0 Å². The molecule has 0 aromatic heterocycles. The number of carbonyl (C=O) groups is 1. The monoisotopic (exact) mass is 188 g/mol. The van der Waals surface area contributed by atoms with E-state index in [2.05, 4.69) is 9.85 Å². The number of nitro groups is 1. The van der Waals surface area contributed by atoms with Gasteiger partial charge in [-0.15, -0.1) is 0 Å². The van der Waals surface area contributed by atoms with Crippen molar-refractivity contribution in [3.05, 3.63) is 34.3 Å². The van der Waals surface area contributed by atoms with E-state index in [1.54, 1.807) is 0 Å². The fourth-order valence-electron chi connectivity index (χ4n) is 0.520. The average molecular weight is 188 g/mol. The Kier molecular flexibility index (Phi) is 1.14. The summed E-state index contributed by atoms with van der Waals surface area (Å²) >= 11 is 0. The highest BCUT2D eigenvalue weighted by Crippen LogP contribution is 2.17. The molecule has 1 rings (SSSR count). The molecule has 13 heavy (non-hydrogen) atoms. The Morgan fingerprint density at radius 2 is 2.23 bits per heavy atom. The van der Waals surface area contributed by atoms with E-state index in [4.69, 9.17) is 6.91 Å². The topological polar surface area (TPSA) is 89.7 Å². The molecule has 6 heteroatoms. The van der Waals surface area contributed by atoms with Gasteiger partial charge in [0.25, 0.3) is 5.69 Å². The van der Waals surface area contributed by atoms with Gasteiger partial charge in [0.2, 0.25) is 0 Å². The van der Waals surface area contributed by atoms with Crippen molar-refractivity contribution < 1.29 is 25.0 Å². The van der Waals surface area contributed by atoms with Crippen LogP contribution in [0.15, 0.2) is 24.2 Å². The summed E-state index contributed by atoms with van der Waals surface area (Å²) in [6, 6.07) is -3.75. The van der Waals surface area contributed by atoms with Crippen molar-refractivity contribution in [1.82, 2.24) is 0 Å². The first-order chi connectivity index (χ1) is 8.31. The molecule has 0 aliphatic heterocycles. The highest BCUT2D eigenvalue weighted by atomic mass is 16.7. The van der Waals surface area contributed by atoms with Crippen LogP contribution in [-0.4, -0.2) is 16.2 Å². The molecule has 0 aliphatic rings. The van der Waals surface area contributed by atoms with E-state index in [1.807, 2.05) is 0 Å². The minimum Gasteiger partial charge on any atom is -0.449 e. The van der Waals surface area contributed by atoms with Crippen molar-refractivity contribution in [2.75, 3.05) is 0 Å². The maximum atomic E-state index is 10.7. The summed E-state index contributed by atoms with van der Waals surface area (Å²) in [5, 5.41) is 14.0. The van der Waals surface area contributed by atoms with Gasteiger partial charge in [-0.25, -0.2) is 4.79 Å². The normalized spacial score (nSPS) is 14.3. The zero-order valence-electron chi connectivity index (χ0n) is 11.0. The molecule has 1 N–H and O–H groups in total. The van der Waals surface area contributed by atoms with Crippen molar-refractivity contribution in [2.45, 2.75) is 0 Å². The largest absolute Gasteiger partial charge is 0.511 e. The third-order valence-corrected chi connectivity index (χ3v) is 0.957. The quantitative estimate of drug-likeness (QED) is 0.330. The molecule has 1 aromatic rings. The lowest BCUT2D eigenvalue weighted by atomic mass is 10.3. The first-order valence-corrected chi connectivity index (χ1v) is 2.91. The lowest BCUT2D eigenvalue weighted by Crippen LogP contribution is -2.02. The summed E-state index contributed by atoms with van der Waals surface area (Å²) < 4.78 is 39.7. The van der Waals surface area contributed by atoms with Crippen LogP contribution in [0.3, 0.4) is 0 Å². The van der Waals surface area contributed by atoms with Crippen molar-refractivity contribution in [1.29, 1.82) is 1.43 Å². The molecule has 0 saturated heterocycles.